The summed E-state index contributed by atoms with van der Waals surface area (Å²) in [4.78, 5) is 14.8. The van der Waals surface area contributed by atoms with Crippen molar-refractivity contribution in [3.05, 3.63) is 42.6 Å². The van der Waals surface area contributed by atoms with E-state index in [2.05, 4.69) is 4.98 Å². The fourth-order valence-electron chi connectivity index (χ4n) is 2.97. The van der Waals surface area contributed by atoms with Crippen molar-refractivity contribution in [2.24, 2.45) is 0 Å². The fraction of sp³-hybridized carbons (Fsp3) is 0.435. The van der Waals surface area contributed by atoms with Gasteiger partial charge in [-0.15, -0.1) is 0 Å². The first-order valence-electron chi connectivity index (χ1n) is 10.7. The Morgan fingerprint density at radius 1 is 0.909 bits per heavy atom. The van der Waals surface area contributed by atoms with E-state index < -0.39 is 5.97 Å². The van der Waals surface area contributed by atoms with Gasteiger partial charge >= 0.3 is 5.97 Å². The van der Waals surface area contributed by atoms with Gasteiger partial charge in [0, 0.05) is 18.2 Å². The minimum absolute atomic E-state index is 0.00458. The SMILES string of the molecule is O=C(O)CCOCCOCCOCCOCC[n+]1ccccc1-c1nc2ccc(O)cc2o1. The van der Waals surface area contributed by atoms with Crippen molar-refractivity contribution in [1.82, 2.24) is 4.98 Å². The Labute approximate surface area is 191 Å². The number of fused-ring (bicyclic) bond motifs is 1. The second-order valence-corrected chi connectivity index (χ2v) is 7.04. The molecular weight excluding hydrogens is 432 g/mol. The van der Waals surface area contributed by atoms with Crippen LogP contribution in [-0.2, 0) is 30.3 Å². The molecule has 0 spiro atoms. The largest absolute Gasteiger partial charge is 0.508 e. The highest BCUT2D eigenvalue weighted by atomic mass is 16.6. The number of phenolic OH excluding ortho intramolecular Hbond substituents is 1. The second-order valence-electron chi connectivity index (χ2n) is 7.04. The van der Waals surface area contributed by atoms with Gasteiger partial charge in [-0.05, 0) is 18.2 Å². The van der Waals surface area contributed by atoms with E-state index in [4.69, 9.17) is 28.5 Å². The average Bonchev–Trinajstić information content (AvgIpc) is 3.22. The molecule has 0 saturated heterocycles. The molecule has 2 N–H and O–H groups in total. The number of carbonyl (C=O) groups is 1. The number of hydrogen-bond acceptors (Lipinski definition) is 8. The Morgan fingerprint density at radius 3 is 2.27 bits per heavy atom. The number of ether oxygens (including phenoxy) is 4. The summed E-state index contributed by atoms with van der Waals surface area (Å²) in [5, 5.41) is 18.1. The summed E-state index contributed by atoms with van der Waals surface area (Å²) in [6.45, 7) is 3.87. The number of aromatic nitrogens is 2. The van der Waals surface area contributed by atoms with E-state index in [1.165, 1.54) is 0 Å². The van der Waals surface area contributed by atoms with Crippen molar-refractivity contribution >= 4 is 17.1 Å². The molecule has 0 fully saturated rings. The van der Waals surface area contributed by atoms with Crippen LogP contribution in [0.4, 0.5) is 0 Å². The lowest BCUT2D eigenvalue weighted by molar-refractivity contribution is -0.688. The van der Waals surface area contributed by atoms with Crippen LogP contribution in [0.1, 0.15) is 6.42 Å². The molecule has 0 bridgehead atoms. The van der Waals surface area contributed by atoms with Crippen LogP contribution in [-0.4, -0.2) is 74.0 Å². The number of nitrogens with zero attached hydrogens (tertiary/aromatic N) is 2. The van der Waals surface area contributed by atoms with Crippen molar-refractivity contribution < 1.29 is 42.9 Å². The third kappa shape index (κ3) is 8.43. The molecule has 0 unspecified atom stereocenters. The minimum Gasteiger partial charge on any atom is -0.508 e. The van der Waals surface area contributed by atoms with Gasteiger partial charge in [0.25, 0.3) is 11.6 Å². The maximum Gasteiger partial charge on any atom is 0.305 e. The summed E-state index contributed by atoms with van der Waals surface area (Å²) >= 11 is 0. The van der Waals surface area contributed by atoms with Crippen molar-refractivity contribution in [2.45, 2.75) is 13.0 Å². The summed E-state index contributed by atoms with van der Waals surface area (Å²) in [7, 11) is 0. The van der Waals surface area contributed by atoms with Gasteiger partial charge in [0.15, 0.2) is 18.3 Å². The predicted molar refractivity (Wildman–Crippen MR) is 117 cm³/mol. The van der Waals surface area contributed by atoms with Crippen molar-refractivity contribution in [3.63, 3.8) is 0 Å². The maximum absolute atomic E-state index is 10.3. The first-order chi connectivity index (χ1) is 16.1. The van der Waals surface area contributed by atoms with Gasteiger partial charge in [0.1, 0.15) is 17.9 Å². The summed E-state index contributed by atoms with van der Waals surface area (Å²) in [5.41, 5.74) is 2.03. The van der Waals surface area contributed by atoms with E-state index in [0.717, 1.165) is 5.69 Å². The van der Waals surface area contributed by atoms with Gasteiger partial charge in [0.2, 0.25) is 0 Å². The van der Waals surface area contributed by atoms with Gasteiger partial charge in [0.05, 0.1) is 52.7 Å². The molecule has 0 aliphatic carbocycles. The van der Waals surface area contributed by atoms with Crippen LogP contribution >= 0.6 is 0 Å². The number of carboxylic acid groups (broad SMARTS) is 1. The lowest BCUT2D eigenvalue weighted by Gasteiger charge is -2.07. The topological polar surface area (TPSA) is 124 Å². The number of carboxylic acids is 1. The number of aliphatic carboxylic acids is 1. The molecule has 0 amide bonds. The first-order valence-corrected chi connectivity index (χ1v) is 10.7. The molecule has 178 valence electrons. The van der Waals surface area contributed by atoms with E-state index in [9.17, 15) is 9.90 Å². The van der Waals surface area contributed by atoms with Crippen LogP contribution in [0.5, 0.6) is 5.75 Å². The second kappa shape index (κ2) is 13.5. The number of hydrogen-bond donors (Lipinski definition) is 2. The van der Waals surface area contributed by atoms with Gasteiger partial charge in [-0.2, -0.15) is 4.57 Å². The highest BCUT2D eigenvalue weighted by Crippen LogP contribution is 2.24. The lowest BCUT2D eigenvalue weighted by atomic mass is 10.3. The molecule has 0 aliphatic rings. The molecule has 0 aliphatic heterocycles. The van der Waals surface area contributed by atoms with Crippen molar-refractivity contribution in [1.29, 1.82) is 0 Å². The molecule has 2 aromatic heterocycles. The zero-order valence-corrected chi connectivity index (χ0v) is 18.4. The van der Waals surface area contributed by atoms with E-state index in [1.807, 2.05) is 29.0 Å². The first kappa shape index (κ1) is 24.6. The van der Waals surface area contributed by atoms with Crippen LogP contribution in [0.15, 0.2) is 47.0 Å². The Bertz CT molecular complexity index is 1010. The van der Waals surface area contributed by atoms with Gasteiger partial charge in [-0.3, -0.25) is 4.79 Å². The Balaban J connectivity index is 1.28. The fourth-order valence-corrected chi connectivity index (χ4v) is 2.97. The quantitative estimate of drug-likeness (QED) is 0.243. The van der Waals surface area contributed by atoms with Crippen LogP contribution in [0.25, 0.3) is 22.7 Å². The van der Waals surface area contributed by atoms with Gasteiger partial charge in [-0.25, -0.2) is 4.98 Å². The molecule has 3 aromatic rings. The van der Waals surface area contributed by atoms with Crippen LogP contribution in [0, 0.1) is 0 Å². The van der Waals surface area contributed by atoms with Crippen LogP contribution in [0.2, 0.25) is 0 Å². The number of oxazole rings is 1. The normalized spacial score (nSPS) is 11.3. The highest BCUT2D eigenvalue weighted by molar-refractivity contribution is 5.76. The number of benzene rings is 1. The summed E-state index contributed by atoms with van der Waals surface area (Å²) < 4.78 is 29.4. The van der Waals surface area contributed by atoms with Gasteiger partial charge in [-0.1, -0.05) is 0 Å². The zero-order valence-electron chi connectivity index (χ0n) is 18.4. The number of phenols is 1. The third-order valence-corrected chi connectivity index (χ3v) is 4.58. The lowest BCUT2D eigenvalue weighted by Crippen LogP contribution is -2.38. The van der Waals surface area contributed by atoms with Crippen LogP contribution < -0.4 is 4.57 Å². The average molecular weight is 461 g/mol. The molecule has 3 rings (SSSR count). The molecule has 0 radical (unpaired) electrons. The van der Waals surface area contributed by atoms with Crippen molar-refractivity contribution in [3.8, 4) is 17.3 Å². The number of rotatable bonds is 16. The summed E-state index contributed by atoms with van der Waals surface area (Å²) in [6, 6.07) is 10.6. The maximum atomic E-state index is 10.3. The number of pyridine rings is 1. The molecule has 0 atom stereocenters. The molecule has 10 nitrogen and oxygen atoms in total. The predicted octanol–water partition coefficient (Wildman–Crippen LogP) is 2.03. The van der Waals surface area contributed by atoms with E-state index in [-0.39, 0.29) is 18.8 Å². The Kier molecular flexibility index (Phi) is 10.0. The molecule has 1 aromatic carbocycles. The number of aromatic hydroxyl groups is 1. The van der Waals surface area contributed by atoms with E-state index >= 15 is 0 Å². The van der Waals surface area contributed by atoms with Crippen molar-refractivity contribution in [2.75, 3.05) is 52.9 Å². The molecule has 0 saturated carbocycles. The van der Waals surface area contributed by atoms with Crippen LogP contribution in [0.3, 0.4) is 0 Å². The molecule has 10 heteroatoms. The Morgan fingerprint density at radius 2 is 1.58 bits per heavy atom. The van der Waals surface area contributed by atoms with E-state index in [1.54, 1.807) is 18.2 Å². The molecule has 2 heterocycles. The molecule has 33 heavy (non-hydrogen) atoms. The third-order valence-electron chi connectivity index (χ3n) is 4.58. The molecular formula is C23H29N2O8+. The Hall–Kier alpha value is -3.05. The monoisotopic (exact) mass is 461 g/mol. The highest BCUT2D eigenvalue weighted by Gasteiger charge is 2.18. The summed E-state index contributed by atoms with van der Waals surface area (Å²) in [5.74, 6) is -0.262. The van der Waals surface area contributed by atoms with E-state index in [0.29, 0.717) is 69.8 Å². The minimum atomic E-state index is -0.876. The standard InChI is InChI=1S/C23H28N2O8/c26-18-4-5-19-21(17-18)33-23(24-19)20-3-1-2-7-25(20)8-10-30-12-14-32-16-15-31-13-11-29-9-6-22(27)28/h1-5,7,17H,6,8-16H2,(H,27,28)/p+1. The van der Waals surface area contributed by atoms with Gasteiger partial charge < -0.3 is 33.6 Å². The summed E-state index contributed by atoms with van der Waals surface area (Å²) in [6.07, 6.45) is 1.93. The zero-order chi connectivity index (χ0) is 23.3. The smallest absolute Gasteiger partial charge is 0.305 e.